The van der Waals surface area contributed by atoms with Gasteiger partial charge in [-0.3, -0.25) is 9.69 Å². The second kappa shape index (κ2) is 10.7. The largest absolute Gasteiger partial charge is 0.494 e. The summed E-state index contributed by atoms with van der Waals surface area (Å²) in [7, 11) is 0. The van der Waals surface area contributed by atoms with Crippen molar-refractivity contribution in [2.24, 2.45) is 4.99 Å². The zero-order valence-electron chi connectivity index (χ0n) is 19.1. The first kappa shape index (κ1) is 24.4. The normalized spacial score (nSPS) is 16.0. The van der Waals surface area contributed by atoms with Gasteiger partial charge in [0, 0.05) is 10.0 Å². The first-order valence-corrected chi connectivity index (χ1v) is 12.5. The van der Waals surface area contributed by atoms with E-state index in [4.69, 9.17) is 32.9 Å². The number of nitrogens with zero attached hydrogens (tertiary/aromatic N) is 2. The van der Waals surface area contributed by atoms with Crippen LogP contribution in [0.1, 0.15) is 30.0 Å². The van der Waals surface area contributed by atoms with E-state index in [2.05, 4.69) is 6.92 Å². The first-order valence-electron chi connectivity index (χ1n) is 10.9. The number of hydrogen-bond donors (Lipinski definition) is 0. The van der Waals surface area contributed by atoms with Gasteiger partial charge in [0.25, 0.3) is 5.91 Å². The van der Waals surface area contributed by atoms with Gasteiger partial charge in [-0.25, -0.2) is 4.99 Å². The van der Waals surface area contributed by atoms with Crippen molar-refractivity contribution in [1.29, 1.82) is 0 Å². The predicted octanol–water partition coefficient (Wildman–Crippen LogP) is 8.21. The third-order valence-corrected chi connectivity index (χ3v) is 7.03. The molecule has 0 atom stereocenters. The maximum Gasteiger partial charge on any atom is 0.271 e. The van der Waals surface area contributed by atoms with Crippen molar-refractivity contribution < 1.29 is 9.53 Å². The molecule has 4 rings (SSSR count). The highest BCUT2D eigenvalue weighted by molar-refractivity contribution is 8.19. The van der Waals surface area contributed by atoms with Crippen LogP contribution in [0.5, 0.6) is 5.75 Å². The zero-order valence-corrected chi connectivity index (χ0v) is 21.5. The Hall–Kier alpha value is -2.73. The topological polar surface area (TPSA) is 41.9 Å². The van der Waals surface area contributed by atoms with E-state index in [9.17, 15) is 4.79 Å². The van der Waals surface area contributed by atoms with Crippen molar-refractivity contribution >= 4 is 63.5 Å². The minimum Gasteiger partial charge on any atom is -0.494 e. The molecule has 7 heteroatoms. The lowest BCUT2D eigenvalue weighted by Gasteiger charge is -2.16. The monoisotopic (exact) mass is 510 g/mol. The van der Waals surface area contributed by atoms with Crippen LogP contribution >= 0.6 is 35.0 Å². The van der Waals surface area contributed by atoms with Gasteiger partial charge in [0.05, 0.1) is 22.9 Å². The SMILES string of the molecule is CCCOc1ccc(/C=C2\SC(=Nc3ccc(C)c(Cl)c3)N(c3ccc(C)c(Cl)c3)C2=O)cc1. The third kappa shape index (κ3) is 5.49. The number of benzene rings is 3. The molecule has 0 radical (unpaired) electrons. The standard InChI is InChI=1S/C27H24Cl2N2O2S/c1-4-13-33-22-11-7-19(8-12-22)14-25-26(32)31(21-10-6-18(3)24(29)16-21)27(34-25)30-20-9-5-17(2)23(28)15-20/h5-12,14-16H,4,13H2,1-3H3/b25-14-,30-27?. The maximum atomic E-state index is 13.5. The average Bonchev–Trinajstić information content (AvgIpc) is 3.12. The van der Waals surface area contributed by atoms with Gasteiger partial charge < -0.3 is 4.74 Å². The van der Waals surface area contributed by atoms with Crippen LogP contribution in [-0.4, -0.2) is 17.7 Å². The van der Waals surface area contributed by atoms with Gasteiger partial charge in [0.2, 0.25) is 0 Å². The van der Waals surface area contributed by atoms with E-state index >= 15 is 0 Å². The molecule has 34 heavy (non-hydrogen) atoms. The number of aliphatic imine (C=N–C) groups is 1. The van der Waals surface area contributed by atoms with Crippen LogP contribution in [0.15, 0.2) is 70.6 Å². The van der Waals surface area contributed by atoms with Crippen molar-refractivity contribution in [1.82, 2.24) is 0 Å². The van der Waals surface area contributed by atoms with Crippen LogP contribution in [0.2, 0.25) is 10.0 Å². The van der Waals surface area contributed by atoms with Gasteiger partial charge >= 0.3 is 0 Å². The van der Waals surface area contributed by atoms with Crippen molar-refractivity contribution in [2.45, 2.75) is 27.2 Å². The molecular weight excluding hydrogens is 487 g/mol. The summed E-state index contributed by atoms with van der Waals surface area (Å²) in [4.78, 5) is 20.4. The van der Waals surface area contributed by atoms with E-state index in [-0.39, 0.29) is 5.91 Å². The highest BCUT2D eigenvalue weighted by atomic mass is 35.5. The van der Waals surface area contributed by atoms with Crippen molar-refractivity contribution in [3.8, 4) is 5.75 Å². The molecule has 1 aliphatic rings. The van der Waals surface area contributed by atoms with Crippen molar-refractivity contribution in [2.75, 3.05) is 11.5 Å². The van der Waals surface area contributed by atoms with E-state index in [1.165, 1.54) is 11.8 Å². The van der Waals surface area contributed by atoms with Crippen LogP contribution in [0, 0.1) is 13.8 Å². The van der Waals surface area contributed by atoms with Crippen LogP contribution in [0.25, 0.3) is 6.08 Å². The molecule has 0 spiro atoms. The maximum absolute atomic E-state index is 13.5. The minimum atomic E-state index is -0.159. The Morgan fingerprint density at radius 1 is 0.971 bits per heavy atom. The molecule has 1 amide bonds. The fourth-order valence-electron chi connectivity index (χ4n) is 3.29. The molecule has 0 aromatic heterocycles. The minimum absolute atomic E-state index is 0.159. The van der Waals surface area contributed by atoms with Crippen LogP contribution in [-0.2, 0) is 4.79 Å². The Balaban J connectivity index is 1.72. The third-order valence-electron chi connectivity index (χ3n) is 5.25. The molecule has 0 unspecified atom stereocenters. The number of thioether (sulfide) groups is 1. The molecule has 4 nitrogen and oxygen atoms in total. The summed E-state index contributed by atoms with van der Waals surface area (Å²) in [6.07, 6.45) is 2.81. The van der Waals surface area contributed by atoms with Crippen molar-refractivity contribution in [3.63, 3.8) is 0 Å². The molecule has 1 fully saturated rings. The highest BCUT2D eigenvalue weighted by Crippen LogP contribution is 2.39. The smallest absolute Gasteiger partial charge is 0.271 e. The zero-order chi connectivity index (χ0) is 24.2. The summed E-state index contributed by atoms with van der Waals surface area (Å²) in [5.41, 5.74) is 4.15. The quantitative estimate of drug-likeness (QED) is 0.313. The molecule has 0 bridgehead atoms. The molecule has 1 aliphatic heterocycles. The lowest BCUT2D eigenvalue weighted by molar-refractivity contribution is -0.113. The molecule has 1 heterocycles. The number of aryl methyl sites for hydroxylation is 2. The number of halogens is 2. The predicted molar refractivity (Wildman–Crippen MR) is 145 cm³/mol. The number of amidine groups is 1. The van der Waals surface area contributed by atoms with Gasteiger partial charge in [-0.15, -0.1) is 0 Å². The lowest BCUT2D eigenvalue weighted by atomic mass is 10.2. The van der Waals surface area contributed by atoms with E-state index in [0.717, 1.165) is 28.9 Å². The lowest BCUT2D eigenvalue weighted by Crippen LogP contribution is -2.28. The van der Waals surface area contributed by atoms with Crippen LogP contribution in [0.4, 0.5) is 11.4 Å². The van der Waals surface area contributed by atoms with Crippen LogP contribution in [0.3, 0.4) is 0 Å². The summed E-state index contributed by atoms with van der Waals surface area (Å²) in [5, 5.41) is 1.76. The Labute approximate surface area is 214 Å². The number of hydrogen-bond acceptors (Lipinski definition) is 4. The Morgan fingerprint density at radius 3 is 2.29 bits per heavy atom. The second-order valence-electron chi connectivity index (χ2n) is 7.93. The fraction of sp³-hybridized carbons (Fsp3) is 0.185. The number of carbonyl (C=O) groups is 1. The Kier molecular flexibility index (Phi) is 7.67. The molecule has 3 aromatic rings. The van der Waals surface area contributed by atoms with Gasteiger partial charge in [-0.1, -0.05) is 54.4 Å². The Morgan fingerprint density at radius 2 is 1.65 bits per heavy atom. The second-order valence-corrected chi connectivity index (χ2v) is 9.75. The highest BCUT2D eigenvalue weighted by Gasteiger charge is 2.35. The van der Waals surface area contributed by atoms with Gasteiger partial charge in [0.1, 0.15) is 5.75 Å². The fourth-order valence-corrected chi connectivity index (χ4v) is 4.64. The van der Waals surface area contributed by atoms with E-state index in [1.807, 2.05) is 68.5 Å². The number of anilines is 1. The number of carbonyl (C=O) groups excluding carboxylic acids is 1. The molecule has 3 aromatic carbocycles. The van der Waals surface area contributed by atoms with Gasteiger partial charge in [0.15, 0.2) is 5.17 Å². The molecular formula is C27H24Cl2N2O2S. The molecule has 1 saturated heterocycles. The number of ether oxygens (including phenoxy) is 1. The van der Waals surface area contributed by atoms with E-state index in [0.29, 0.717) is 38.1 Å². The Bertz CT molecular complexity index is 1290. The van der Waals surface area contributed by atoms with Gasteiger partial charge in [-0.05, 0) is 91.2 Å². The van der Waals surface area contributed by atoms with Gasteiger partial charge in [-0.2, -0.15) is 0 Å². The van der Waals surface area contributed by atoms with E-state index in [1.54, 1.807) is 17.0 Å². The molecule has 0 aliphatic carbocycles. The summed E-state index contributed by atoms with van der Waals surface area (Å²) in [6, 6.07) is 18.8. The molecule has 0 N–H and O–H groups in total. The first-order chi connectivity index (χ1) is 16.4. The van der Waals surface area contributed by atoms with Crippen molar-refractivity contribution in [3.05, 3.63) is 92.3 Å². The van der Waals surface area contributed by atoms with E-state index < -0.39 is 0 Å². The average molecular weight is 511 g/mol. The molecule has 174 valence electrons. The number of amides is 1. The summed E-state index contributed by atoms with van der Waals surface area (Å²) in [5.74, 6) is 0.650. The van der Waals surface area contributed by atoms with Crippen LogP contribution < -0.4 is 9.64 Å². The summed E-state index contributed by atoms with van der Waals surface area (Å²) in [6.45, 7) is 6.60. The summed E-state index contributed by atoms with van der Waals surface area (Å²) >= 11 is 14.0. The summed E-state index contributed by atoms with van der Waals surface area (Å²) < 4.78 is 5.65. The number of rotatable bonds is 6. The molecule has 0 saturated carbocycles.